The summed E-state index contributed by atoms with van der Waals surface area (Å²) < 4.78 is 5.29. The van der Waals surface area contributed by atoms with Crippen LogP contribution in [-0.2, 0) is 9.53 Å². The van der Waals surface area contributed by atoms with Gasteiger partial charge in [-0.05, 0) is 53.4 Å². The van der Waals surface area contributed by atoms with E-state index in [0.717, 1.165) is 6.54 Å². The lowest BCUT2D eigenvalue weighted by atomic mass is 9.80. The Morgan fingerprint density at radius 1 is 1.24 bits per heavy atom. The van der Waals surface area contributed by atoms with Crippen LogP contribution in [0.3, 0.4) is 0 Å². The lowest BCUT2D eigenvalue weighted by molar-refractivity contribution is -0.112. The van der Waals surface area contributed by atoms with Gasteiger partial charge in [0, 0.05) is 37.3 Å². The highest BCUT2D eigenvalue weighted by molar-refractivity contribution is 8.13. The molecule has 0 unspecified atom stereocenters. The van der Waals surface area contributed by atoms with E-state index in [4.69, 9.17) is 9.84 Å². The number of carbonyl (C=O) groups is 1. The van der Waals surface area contributed by atoms with Crippen LogP contribution in [0.15, 0.2) is 0 Å². The molecule has 1 heterocycles. The molecule has 1 fully saturated rings. The Hall–Kier alpha value is -0.100. The van der Waals surface area contributed by atoms with Gasteiger partial charge in [0.05, 0.1) is 5.94 Å². The van der Waals surface area contributed by atoms with Crippen LogP contribution in [-0.4, -0.2) is 51.9 Å². The van der Waals surface area contributed by atoms with Crippen molar-refractivity contribution in [3.8, 4) is 0 Å². The van der Waals surface area contributed by atoms with Gasteiger partial charge in [-0.15, -0.1) is 0 Å². The van der Waals surface area contributed by atoms with Crippen molar-refractivity contribution in [2.75, 3.05) is 25.7 Å². The maximum Gasteiger partial charge on any atom is 0.192 e. The lowest BCUT2D eigenvalue weighted by Crippen LogP contribution is -2.58. The molecule has 124 valence electrons. The van der Waals surface area contributed by atoms with E-state index in [1.807, 2.05) is 0 Å². The van der Waals surface area contributed by atoms with Crippen molar-refractivity contribution in [3.05, 3.63) is 0 Å². The SMILES string of the molecule is CC1(C)CCCC(C)(C)N1CCC(=O)SCOCCCO. The lowest BCUT2D eigenvalue weighted by Gasteiger charge is -2.53. The van der Waals surface area contributed by atoms with Crippen molar-refractivity contribution in [3.63, 3.8) is 0 Å². The first-order valence-electron chi connectivity index (χ1n) is 7.91. The monoisotopic (exact) mass is 317 g/mol. The molecule has 1 aliphatic heterocycles. The molecule has 5 heteroatoms. The van der Waals surface area contributed by atoms with Crippen LogP contribution in [0.4, 0.5) is 0 Å². The summed E-state index contributed by atoms with van der Waals surface area (Å²) in [5.41, 5.74) is 0.342. The number of hydrogen-bond acceptors (Lipinski definition) is 5. The maximum absolute atomic E-state index is 11.9. The van der Waals surface area contributed by atoms with Crippen molar-refractivity contribution in [1.29, 1.82) is 0 Å². The summed E-state index contributed by atoms with van der Waals surface area (Å²) in [6.45, 7) is 10.6. The molecular formula is C16H31NO3S. The molecular weight excluding hydrogens is 286 g/mol. The Morgan fingerprint density at radius 2 is 1.86 bits per heavy atom. The third kappa shape index (κ3) is 6.27. The number of likely N-dealkylation sites (tertiary alicyclic amines) is 1. The predicted octanol–water partition coefficient (Wildman–Crippen LogP) is 3.04. The molecule has 1 saturated heterocycles. The van der Waals surface area contributed by atoms with Crippen LogP contribution in [0.2, 0.25) is 0 Å². The van der Waals surface area contributed by atoms with Crippen molar-refractivity contribution in [1.82, 2.24) is 4.90 Å². The fraction of sp³-hybridized carbons (Fsp3) is 0.938. The number of aliphatic hydroxyl groups excluding tert-OH is 1. The summed E-state index contributed by atoms with van der Waals surface area (Å²) in [6.07, 6.45) is 4.85. The van der Waals surface area contributed by atoms with E-state index >= 15 is 0 Å². The standard InChI is InChI=1S/C16H31NO3S/c1-15(2)8-5-9-16(3,4)17(15)10-7-14(19)21-13-20-12-6-11-18/h18H,5-13H2,1-4H3. The second kappa shape index (κ2) is 8.51. The van der Waals surface area contributed by atoms with Crippen LogP contribution < -0.4 is 0 Å². The fourth-order valence-electron chi connectivity index (χ4n) is 3.26. The molecule has 0 spiro atoms. The third-order valence-corrected chi connectivity index (χ3v) is 5.14. The molecule has 0 amide bonds. The molecule has 0 aromatic rings. The van der Waals surface area contributed by atoms with Gasteiger partial charge in [-0.3, -0.25) is 9.69 Å². The second-order valence-corrected chi connectivity index (χ2v) is 7.98. The molecule has 21 heavy (non-hydrogen) atoms. The summed E-state index contributed by atoms with van der Waals surface area (Å²) in [4.78, 5) is 14.4. The molecule has 0 saturated carbocycles. The second-order valence-electron chi connectivity index (χ2n) is 7.00. The number of ether oxygens (including phenoxy) is 1. The summed E-state index contributed by atoms with van der Waals surface area (Å²) >= 11 is 1.25. The normalized spacial score (nSPS) is 21.4. The number of aliphatic hydroxyl groups is 1. The van der Waals surface area contributed by atoms with Crippen molar-refractivity contribution in [2.24, 2.45) is 0 Å². The summed E-state index contributed by atoms with van der Waals surface area (Å²) in [6, 6.07) is 0. The van der Waals surface area contributed by atoms with E-state index in [0.29, 0.717) is 25.4 Å². The van der Waals surface area contributed by atoms with Crippen molar-refractivity contribution in [2.45, 2.75) is 70.9 Å². The number of rotatable bonds is 8. The first kappa shape index (κ1) is 18.9. The minimum Gasteiger partial charge on any atom is -0.396 e. The van der Waals surface area contributed by atoms with Crippen LogP contribution in [0.5, 0.6) is 0 Å². The molecule has 0 aromatic heterocycles. The molecule has 0 aromatic carbocycles. The Labute approximate surface area is 133 Å². The largest absolute Gasteiger partial charge is 0.396 e. The van der Waals surface area contributed by atoms with Crippen LogP contribution >= 0.6 is 11.8 Å². The Kier molecular flexibility index (Phi) is 7.68. The molecule has 1 N–H and O–H groups in total. The van der Waals surface area contributed by atoms with E-state index < -0.39 is 0 Å². The number of hydrogen-bond donors (Lipinski definition) is 1. The van der Waals surface area contributed by atoms with Gasteiger partial charge < -0.3 is 9.84 Å². The molecule has 0 bridgehead atoms. The average Bonchev–Trinajstić information content (AvgIpc) is 2.36. The number of thioether (sulfide) groups is 1. The highest BCUT2D eigenvalue weighted by Crippen LogP contribution is 2.38. The third-order valence-electron chi connectivity index (χ3n) is 4.33. The van der Waals surface area contributed by atoms with Gasteiger partial charge >= 0.3 is 0 Å². The Balaban J connectivity index is 2.33. The fourth-order valence-corrected chi connectivity index (χ4v) is 3.82. The summed E-state index contributed by atoms with van der Waals surface area (Å²) in [7, 11) is 0. The minimum atomic E-state index is 0.137. The van der Waals surface area contributed by atoms with Gasteiger partial charge in [0.25, 0.3) is 0 Å². The zero-order valence-electron chi connectivity index (χ0n) is 14.0. The highest BCUT2D eigenvalue weighted by atomic mass is 32.2. The number of carbonyl (C=O) groups excluding carboxylic acids is 1. The van der Waals surface area contributed by atoms with Crippen molar-refractivity contribution < 1.29 is 14.6 Å². The van der Waals surface area contributed by atoms with Gasteiger partial charge in [0.15, 0.2) is 5.12 Å². The summed E-state index contributed by atoms with van der Waals surface area (Å²) in [5.74, 6) is 0.394. The van der Waals surface area contributed by atoms with E-state index in [1.165, 1.54) is 31.0 Å². The van der Waals surface area contributed by atoms with E-state index in [1.54, 1.807) is 0 Å². The summed E-state index contributed by atoms with van der Waals surface area (Å²) in [5, 5.41) is 8.83. The first-order chi connectivity index (χ1) is 9.79. The molecule has 0 atom stereocenters. The molecule has 0 aliphatic carbocycles. The smallest absolute Gasteiger partial charge is 0.192 e. The van der Waals surface area contributed by atoms with Gasteiger partial charge in [-0.1, -0.05) is 11.8 Å². The van der Waals surface area contributed by atoms with Crippen LogP contribution in [0.25, 0.3) is 0 Å². The highest BCUT2D eigenvalue weighted by Gasteiger charge is 2.40. The van der Waals surface area contributed by atoms with Gasteiger partial charge in [-0.25, -0.2) is 0 Å². The van der Waals surface area contributed by atoms with E-state index in [-0.39, 0.29) is 22.8 Å². The van der Waals surface area contributed by atoms with Gasteiger partial charge in [-0.2, -0.15) is 0 Å². The van der Waals surface area contributed by atoms with E-state index in [2.05, 4.69) is 32.6 Å². The van der Waals surface area contributed by atoms with Gasteiger partial charge in [0.2, 0.25) is 0 Å². The minimum absolute atomic E-state index is 0.137. The van der Waals surface area contributed by atoms with Crippen LogP contribution in [0.1, 0.15) is 59.8 Å². The van der Waals surface area contributed by atoms with Crippen LogP contribution in [0, 0.1) is 0 Å². The first-order valence-corrected chi connectivity index (χ1v) is 8.90. The average molecular weight is 317 g/mol. The van der Waals surface area contributed by atoms with Crippen molar-refractivity contribution >= 4 is 16.9 Å². The number of piperidine rings is 1. The quantitative estimate of drug-likeness (QED) is 0.551. The Bertz CT molecular complexity index is 315. The zero-order chi connectivity index (χ0) is 15.9. The predicted molar refractivity (Wildman–Crippen MR) is 88.5 cm³/mol. The topological polar surface area (TPSA) is 49.8 Å². The maximum atomic E-state index is 11.9. The molecule has 1 aliphatic rings. The number of nitrogens with zero attached hydrogens (tertiary/aromatic N) is 1. The molecule has 1 rings (SSSR count). The molecule has 4 nitrogen and oxygen atoms in total. The molecule has 0 radical (unpaired) electrons. The zero-order valence-corrected chi connectivity index (χ0v) is 14.8. The Morgan fingerprint density at radius 3 is 2.43 bits per heavy atom. The van der Waals surface area contributed by atoms with Gasteiger partial charge in [0.1, 0.15) is 0 Å². The van der Waals surface area contributed by atoms with E-state index in [9.17, 15) is 4.79 Å².